The second-order valence-corrected chi connectivity index (χ2v) is 6.84. The van der Waals surface area contributed by atoms with Crippen LogP contribution in [0, 0.1) is 11.8 Å². The van der Waals surface area contributed by atoms with Crippen LogP contribution in [0.2, 0.25) is 0 Å². The molecule has 2 aliphatic carbocycles. The van der Waals surface area contributed by atoms with Crippen molar-refractivity contribution >= 4 is 5.91 Å². The van der Waals surface area contributed by atoms with Crippen LogP contribution in [-0.2, 0) is 9.53 Å². The molecule has 4 heteroatoms. The van der Waals surface area contributed by atoms with Crippen molar-refractivity contribution in [3.63, 3.8) is 0 Å². The van der Waals surface area contributed by atoms with Crippen molar-refractivity contribution in [2.45, 2.75) is 70.3 Å². The average Bonchev–Trinajstić information content (AvgIpc) is 2.82. The van der Waals surface area contributed by atoms with Gasteiger partial charge in [0.1, 0.15) is 5.54 Å². The molecule has 3 N–H and O–H groups in total. The number of carbonyl (C=O) groups is 1. The van der Waals surface area contributed by atoms with Crippen molar-refractivity contribution < 1.29 is 9.53 Å². The van der Waals surface area contributed by atoms with E-state index in [4.69, 9.17) is 10.5 Å². The molecule has 0 spiro atoms. The lowest BCUT2D eigenvalue weighted by Gasteiger charge is -2.34. The van der Waals surface area contributed by atoms with E-state index in [1.54, 1.807) is 0 Å². The molecule has 0 heterocycles. The fourth-order valence-electron chi connectivity index (χ4n) is 3.82. The van der Waals surface area contributed by atoms with Gasteiger partial charge in [-0.1, -0.05) is 32.6 Å². The molecule has 0 bridgehead atoms. The molecular weight excluding hydrogens is 264 g/mol. The average molecular weight is 296 g/mol. The van der Waals surface area contributed by atoms with E-state index in [1.165, 1.54) is 25.7 Å². The van der Waals surface area contributed by atoms with Gasteiger partial charge in [0, 0.05) is 13.2 Å². The number of hydrogen-bond donors (Lipinski definition) is 2. The summed E-state index contributed by atoms with van der Waals surface area (Å²) in [5.41, 5.74) is 5.24. The quantitative estimate of drug-likeness (QED) is 0.609. The number of nitrogens with one attached hydrogen (secondary N) is 1. The molecule has 1 amide bonds. The summed E-state index contributed by atoms with van der Waals surface area (Å²) in [6.45, 7) is 4.63. The third-order valence-electron chi connectivity index (χ3n) is 5.46. The topological polar surface area (TPSA) is 64.3 Å². The van der Waals surface area contributed by atoms with Crippen LogP contribution < -0.4 is 11.1 Å². The van der Waals surface area contributed by atoms with Crippen LogP contribution in [0.25, 0.3) is 0 Å². The highest BCUT2D eigenvalue weighted by Crippen LogP contribution is 2.38. The molecule has 0 aliphatic heterocycles. The monoisotopic (exact) mass is 296 g/mol. The molecule has 2 atom stereocenters. The molecule has 0 saturated heterocycles. The number of primary amides is 1. The summed E-state index contributed by atoms with van der Waals surface area (Å²) < 4.78 is 5.80. The van der Waals surface area contributed by atoms with E-state index in [0.29, 0.717) is 5.92 Å². The minimum absolute atomic E-state index is 0.173. The molecule has 2 fully saturated rings. The van der Waals surface area contributed by atoms with E-state index in [0.717, 1.165) is 57.8 Å². The van der Waals surface area contributed by atoms with Gasteiger partial charge in [0.15, 0.2) is 0 Å². The van der Waals surface area contributed by atoms with Gasteiger partial charge in [-0.2, -0.15) is 0 Å². The Hall–Kier alpha value is -0.610. The van der Waals surface area contributed by atoms with Crippen LogP contribution in [0.4, 0.5) is 0 Å². The van der Waals surface area contributed by atoms with Crippen LogP contribution >= 0.6 is 0 Å². The SMILES string of the molecule is CCCNC1(C(N)=O)CCCC1CCOCCC1CCC1. The van der Waals surface area contributed by atoms with E-state index in [-0.39, 0.29) is 5.91 Å². The van der Waals surface area contributed by atoms with E-state index in [2.05, 4.69) is 12.2 Å². The van der Waals surface area contributed by atoms with Crippen molar-refractivity contribution in [2.75, 3.05) is 19.8 Å². The number of amides is 1. The van der Waals surface area contributed by atoms with Crippen LogP contribution in [0.5, 0.6) is 0 Å². The number of rotatable bonds is 10. The van der Waals surface area contributed by atoms with Crippen LogP contribution in [0.1, 0.15) is 64.7 Å². The normalized spacial score (nSPS) is 29.5. The summed E-state index contributed by atoms with van der Waals surface area (Å²) in [5, 5.41) is 3.44. The van der Waals surface area contributed by atoms with E-state index in [9.17, 15) is 4.79 Å². The summed E-state index contributed by atoms with van der Waals surface area (Å²) in [6, 6.07) is 0. The Bertz CT molecular complexity index is 331. The number of carbonyl (C=O) groups excluding carboxylic acids is 1. The third kappa shape index (κ3) is 4.19. The summed E-state index contributed by atoms with van der Waals surface area (Å²) in [5.74, 6) is 1.07. The van der Waals surface area contributed by atoms with Crippen molar-refractivity contribution in [3.05, 3.63) is 0 Å². The first kappa shape index (κ1) is 16.8. The first-order chi connectivity index (χ1) is 10.2. The summed E-state index contributed by atoms with van der Waals surface area (Å²) in [7, 11) is 0. The van der Waals surface area contributed by atoms with Gasteiger partial charge < -0.3 is 15.8 Å². The summed E-state index contributed by atoms with van der Waals surface area (Å²) >= 11 is 0. The highest BCUT2D eigenvalue weighted by atomic mass is 16.5. The molecule has 2 rings (SSSR count). The van der Waals surface area contributed by atoms with Gasteiger partial charge in [-0.05, 0) is 50.5 Å². The Morgan fingerprint density at radius 3 is 2.62 bits per heavy atom. The zero-order valence-electron chi connectivity index (χ0n) is 13.5. The van der Waals surface area contributed by atoms with Crippen LogP contribution in [0.3, 0.4) is 0 Å². The number of nitrogens with two attached hydrogens (primary N) is 1. The second-order valence-electron chi connectivity index (χ2n) is 6.84. The highest BCUT2D eigenvalue weighted by Gasteiger charge is 2.46. The van der Waals surface area contributed by atoms with E-state index >= 15 is 0 Å². The Morgan fingerprint density at radius 2 is 2.00 bits per heavy atom. The fraction of sp³-hybridized carbons (Fsp3) is 0.941. The molecule has 2 saturated carbocycles. The maximum Gasteiger partial charge on any atom is 0.238 e. The third-order valence-corrected chi connectivity index (χ3v) is 5.46. The highest BCUT2D eigenvalue weighted by molar-refractivity contribution is 5.85. The zero-order chi connectivity index (χ0) is 15.1. The predicted molar refractivity (Wildman–Crippen MR) is 85.0 cm³/mol. The first-order valence-electron chi connectivity index (χ1n) is 8.81. The minimum Gasteiger partial charge on any atom is -0.381 e. The maximum atomic E-state index is 12.0. The zero-order valence-corrected chi connectivity index (χ0v) is 13.5. The molecule has 0 aromatic heterocycles. The molecule has 2 unspecified atom stereocenters. The smallest absolute Gasteiger partial charge is 0.238 e. The predicted octanol–water partition coefficient (Wildman–Crippen LogP) is 2.61. The number of hydrogen-bond acceptors (Lipinski definition) is 3. The molecule has 21 heavy (non-hydrogen) atoms. The van der Waals surface area contributed by atoms with Gasteiger partial charge in [-0.25, -0.2) is 0 Å². The van der Waals surface area contributed by atoms with Gasteiger partial charge in [-0.15, -0.1) is 0 Å². The van der Waals surface area contributed by atoms with Crippen molar-refractivity contribution in [1.29, 1.82) is 0 Å². The molecule has 2 aliphatic rings. The van der Waals surface area contributed by atoms with Gasteiger partial charge in [0.25, 0.3) is 0 Å². The van der Waals surface area contributed by atoms with Gasteiger partial charge in [0.05, 0.1) is 0 Å². The molecule has 0 radical (unpaired) electrons. The molecule has 0 aromatic rings. The maximum absolute atomic E-state index is 12.0. The van der Waals surface area contributed by atoms with Crippen molar-refractivity contribution in [3.8, 4) is 0 Å². The van der Waals surface area contributed by atoms with E-state index < -0.39 is 5.54 Å². The molecule has 4 nitrogen and oxygen atoms in total. The Balaban J connectivity index is 1.72. The van der Waals surface area contributed by atoms with Gasteiger partial charge in [-0.3, -0.25) is 4.79 Å². The first-order valence-corrected chi connectivity index (χ1v) is 8.81. The lowest BCUT2D eigenvalue weighted by molar-refractivity contribution is -0.126. The van der Waals surface area contributed by atoms with Gasteiger partial charge in [0.2, 0.25) is 5.91 Å². The lowest BCUT2D eigenvalue weighted by atomic mass is 9.83. The largest absolute Gasteiger partial charge is 0.381 e. The molecular formula is C17H32N2O2. The minimum atomic E-state index is -0.479. The Labute approximate surface area is 129 Å². The fourth-order valence-corrected chi connectivity index (χ4v) is 3.82. The van der Waals surface area contributed by atoms with Gasteiger partial charge >= 0.3 is 0 Å². The summed E-state index contributed by atoms with van der Waals surface area (Å²) in [6.07, 6.45) is 10.4. The Kier molecular flexibility index (Phi) is 6.49. The van der Waals surface area contributed by atoms with Crippen LogP contribution in [-0.4, -0.2) is 31.2 Å². The molecule has 122 valence electrons. The van der Waals surface area contributed by atoms with Crippen molar-refractivity contribution in [1.82, 2.24) is 5.32 Å². The van der Waals surface area contributed by atoms with E-state index in [1.807, 2.05) is 0 Å². The van der Waals surface area contributed by atoms with Crippen molar-refractivity contribution in [2.24, 2.45) is 17.6 Å². The number of ether oxygens (including phenoxy) is 1. The standard InChI is InChI=1S/C17H32N2O2/c1-2-11-19-17(16(18)20)10-4-7-15(17)9-13-21-12-8-14-5-3-6-14/h14-15,19H,2-13H2,1H3,(H2,18,20). The van der Waals surface area contributed by atoms with Crippen LogP contribution in [0.15, 0.2) is 0 Å². The summed E-state index contributed by atoms with van der Waals surface area (Å²) in [4.78, 5) is 12.0. The molecule has 0 aromatic carbocycles. The lowest BCUT2D eigenvalue weighted by Crippen LogP contribution is -2.58. The Morgan fingerprint density at radius 1 is 1.24 bits per heavy atom. The second kappa shape index (κ2) is 8.14.